The van der Waals surface area contributed by atoms with Crippen molar-refractivity contribution in [3.8, 4) is 0 Å². The molecule has 0 aliphatic carbocycles. The number of hydrazine groups is 1. The Morgan fingerprint density at radius 1 is 1.24 bits per heavy atom. The Hall–Kier alpha value is -1.66. The SMILES string of the molecule is CC(=O)C1=C2CN(C(=O)/C=C/CN(C)C)CCN2N(C)C1. The van der Waals surface area contributed by atoms with E-state index in [-0.39, 0.29) is 11.7 Å². The molecule has 1 fully saturated rings. The van der Waals surface area contributed by atoms with Gasteiger partial charge in [-0.2, -0.15) is 0 Å². The maximum atomic E-state index is 12.2. The van der Waals surface area contributed by atoms with Crippen molar-refractivity contribution in [1.82, 2.24) is 19.8 Å². The fourth-order valence-electron chi connectivity index (χ4n) is 2.70. The molecule has 0 aromatic rings. The normalized spacial score (nSPS) is 19.9. The van der Waals surface area contributed by atoms with E-state index in [2.05, 4.69) is 10.0 Å². The highest BCUT2D eigenvalue weighted by Gasteiger charge is 2.34. The van der Waals surface area contributed by atoms with Crippen molar-refractivity contribution in [2.45, 2.75) is 6.92 Å². The molecular formula is C15H24N4O2. The van der Waals surface area contributed by atoms with Gasteiger partial charge in [-0.05, 0) is 21.0 Å². The summed E-state index contributed by atoms with van der Waals surface area (Å²) in [5.41, 5.74) is 1.80. The molecule has 0 spiro atoms. The van der Waals surface area contributed by atoms with Crippen LogP contribution in [0.25, 0.3) is 0 Å². The molecule has 2 rings (SSSR count). The maximum absolute atomic E-state index is 12.2. The zero-order valence-corrected chi connectivity index (χ0v) is 13.3. The molecule has 0 aromatic heterocycles. The van der Waals surface area contributed by atoms with E-state index in [0.717, 1.165) is 24.4 Å². The van der Waals surface area contributed by atoms with Crippen molar-refractivity contribution >= 4 is 11.7 Å². The number of amides is 1. The molecule has 1 amide bonds. The van der Waals surface area contributed by atoms with Gasteiger partial charge in [0.15, 0.2) is 5.78 Å². The molecule has 6 nitrogen and oxygen atoms in total. The van der Waals surface area contributed by atoms with Crippen molar-refractivity contribution in [2.24, 2.45) is 0 Å². The third kappa shape index (κ3) is 3.51. The van der Waals surface area contributed by atoms with Crippen LogP contribution in [0, 0.1) is 0 Å². The number of Topliss-reactive ketones (excluding diaryl/α,β-unsaturated/α-hetero) is 1. The minimum Gasteiger partial charge on any atom is -0.331 e. The van der Waals surface area contributed by atoms with Crippen LogP contribution in [0.15, 0.2) is 23.4 Å². The van der Waals surface area contributed by atoms with E-state index in [1.807, 2.05) is 32.1 Å². The van der Waals surface area contributed by atoms with Gasteiger partial charge < -0.3 is 14.8 Å². The molecule has 6 heteroatoms. The van der Waals surface area contributed by atoms with Crippen LogP contribution in [-0.2, 0) is 9.59 Å². The first-order valence-electron chi connectivity index (χ1n) is 7.22. The largest absolute Gasteiger partial charge is 0.331 e. The number of hydrogen-bond acceptors (Lipinski definition) is 5. The number of likely N-dealkylation sites (N-methyl/N-ethyl adjacent to an activating group) is 2. The minimum absolute atomic E-state index is 0.0152. The topological polar surface area (TPSA) is 47.1 Å². The molecule has 0 aromatic carbocycles. The third-order valence-corrected chi connectivity index (χ3v) is 3.85. The van der Waals surface area contributed by atoms with Crippen molar-refractivity contribution in [2.75, 3.05) is 53.9 Å². The van der Waals surface area contributed by atoms with E-state index >= 15 is 0 Å². The Bertz CT molecular complexity index is 496. The van der Waals surface area contributed by atoms with Gasteiger partial charge in [-0.15, -0.1) is 0 Å². The summed E-state index contributed by atoms with van der Waals surface area (Å²) in [6, 6.07) is 0. The molecule has 2 aliphatic rings. The number of nitrogens with zero attached hydrogens (tertiary/aromatic N) is 4. The lowest BCUT2D eigenvalue weighted by atomic mass is 10.1. The monoisotopic (exact) mass is 292 g/mol. The molecule has 0 N–H and O–H groups in total. The smallest absolute Gasteiger partial charge is 0.246 e. The zero-order valence-electron chi connectivity index (χ0n) is 13.3. The Morgan fingerprint density at radius 3 is 2.57 bits per heavy atom. The molecule has 0 unspecified atom stereocenters. The van der Waals surface area contributed by atoms with Crippen molar-refractivity contribution in [3.05, 3.63) is 23.4 Å². The van der Waals surface area contributed by atoms with Crippen molar-refractivity contribution < 1.29 is 9.59 Å². The number of carbonyl (C=O) groups excluding carboxylic acids is 2. The quantitative estimate of drug-likeness (QED) is 0.680. The van der Waals surface area contributed by atoms with E-state index in [4.69, 9.17) is 0 Å². The van der Waals surface area contributed by atoms with E-state index in [9.17, 15) is 9.59 Å². The highest BCUT2D eigenvalue weighted by molar-refractivity contribution is 5.95. The Balaban J connectivity index is 2.06. The van der Waals surface area contributed by atoms with Gasteiger partial charge in [0.2, 0.25) is 5.91 Å². The number of fused-ring (bicyclic) bond motifs is 1. The Morgan fingerprint density at radius 2 is 1.95 bits per heavy atom. The van der Waals surface area contributed by atoms with Crippen LogP contribution >= 0.6 is 0 Å². The van der Waals surface area contributed by atoms with Gasteiger partial charge in [0, 0.05) is 38.3 Å². The summed E-state index contributed by atoms with van der Waals surface area (Å²) in [7, 11) is 5.90. The lowest BCUT2D eigenvalue weighted by Crippen LogP contribution is -2.49. The number of piperazine rings is 1. The Labute approximate surface area is 126 Å². The summed E-state index contributed by atoms with van der Waals surface area (Å²) in [5, 5.41) is 4.17. The second-order valence-corrected chi connectivity index (χ2v) is 5.84. The van der Waals surface area contributed by atoms with E-state index in [0.29, 0.717) is 19.6 Å². The van der Waals surface area contributed by atoms with E-state index < -0.39 is 0 Å². The summed E-state index contributed by atoms with van der Waals surface area (Å²) >= 11 is 0. The average Bonchev–Trinajstić information content (AvgIpc) is 2.75. The number of carbonyl (C=O) groups is 2. The molecule has 0 atom stereocenters. The summed E-state index contributed by atoms with van der Waals surface area (Å²) in [6.45, 7) is 4.93. The van der Waals surface area contributed by atoms with Crippen LogP contribution in [0.3, 0.4) is 0 Å². The molecule has 21 heavy (non-hydrogen) atoms. The number of hydrogen-bond donors (Lipinski definition) is 0. The first kappa shape index (κ1) is 15.7. The van der Waals surface area contributed by atoms with Gasteiger partial charge in [0.05, 0.1) is 18.8 Å². The molecular weight excluding hydrogens is 268 g/mol. The molecule has 0 radical (unpaired) electrons. The predicted octanol–water partition coefficient (Wildman–Crippen LogP) is -0.0481. The van der Waals surface area contributed by atoms with E-state index in [1.165, 1.54) is 0 Å². The van der Waals surface area contributed by atoms with Gasteiger partial charge >= 0.3 is 0 Å². The van der Waals surface area contributed by atoms with Gasteiger partial charge in [0.1, 0.15) is 0 Å². The van der Waals surface area contributed by atoms with Crippen LogP contribution in [0.2, 0.25) is 0 Å². The van der Waals surface area contributed by atoms with Gasteiger partial charge in [0.25, 0.3) is 0 Å². The van der Waals surface area contributed by atoms with Crippen LogP contribution in [-0.4, -0.2) is 85.4 Å². The summed E-state index contributed by atoms with van der Waals surface area (Å²) in [5.74, 6) is 0.109. The lowest BCUT2D eigenvalue weighted by molar-refractivity contribution is -0.128. The Kier molecular flexibility index (Phi) is 4.80. The summed E-state index contributed by atoms with van der Waals surface area (Å²) in [6.07, 6.45) is 3.50. The van der Waals surface area contributed by atoms with Crippen molar-refractivity contribution in [3.63, 3.8) is 0 Å². The maximum Gasteiger partial charge on any atom is 0.246 e. The average molecular weight is 292 g/mol. The van der Waals surface area contributed by atoms with Crippen LogP contribution in [0.1, 0.15) is 6.92 Å². The first-order chi connectivity index (χ1) is 9.90. The molecule has 2 aliphatic heterocycles. The summed E-state index contributed by atoms with van der Waals surface area (Å²) in [4.78, 5) is 27.8. The predicted molar refractivity (Wildman–Crippen MR) is 81.3 cm³/mol. The van der Waals surface area contributed by atoms with Crippen LogP contribution in [0.5, 0.6) is 0 Å². The molecule has 0 bridgehead atoms. The fraction of sp³-hybridized carbons (Fsp3) is 0.600. The highest BCUT2D eigenvalue weighted by Crippen LogP contribution is 2.26. The van der Waals surface area contributed by atoms with Gasteiger partial charge in [-0.25, -0.2) is 5.01 Å². The third-order valence-electron chi connectivity index (χ3n) is 3.85. The molecule has 116 valence electrons. The first-order valence-corrected chi connectivity index (χ1v) is 7.22. The molecule has 0 saturated carbocycles. The fourth-order valence-corrected chi connectivity index (χ4v) is 2.70. The van der Waals surface area contributed by atoms with Gasteiger partial charge in [-0.1, -0.05) is 6.08 Å². The van der Waals surface area contributed by atoms with Crippen LogP contribution in [0.4, 0.5) is 0 Å². The van der Waals surface area contributed by atoms with Crippen molar-refractivity contribution in [1.29, 1.82) is 0 Å². The second-order valence-electron chi connectivity index (χ2n) is 5.84. The second kappa shape index (κ2) is 6.41. The van der Waals surface area contributed by atoms with Gasteiger partial charge in [-0.3, -0.25) is 9.59 Å². The number of ketones is 1. The lowest BCUT2D eigenvalue weighted by Gasteiger charge is -2.38. The molecule has 2 heterocycles. The summed E-state index contributed by atoms with van der Waals surface area (Å²) < 4.78 is 0. The highest BCUT2D eigenvalue weighted by atomic mass is 16.2. The standard InChI is InChI=1S/C15H24N4O2/c1-12(20)13-10-17(4)19-9-8-18(11-14(13)19)15(21)6-5-7-16(2)3/h5-6H,7-11H2,1-4H3/b6-5+. The zero-order chi connectivity index (χ0) is 15.6. The number of rotatable bonds is 4. The van der Waals surface area contributed by atoms with Crippen LogP contribution < -0.4 is 0 Å². The molecule has 1 saturated heterocycles. The van der Waals surface area contributed by atoms with E-state index in [1.54, 1.807) is 17.9 Å². The minimum atomic E-state index is 0.0152.